The Morgan fingerprint density at radius 3 is 1.39 bits per heavy atom. The highest BCUT2D eigenvalue weighted by Gasteiger charge is 2.33. The van der Waals surface area contributed by atoms with Gasteiger partial charge >= 0.3 is 0 Å². The Morgan fingerprint density at radius 1 is 0.739 bits per heavy atom. The van der Waals surface area contributed by atoms with Crippen molar-refractivity contribution >= 4 is 29.9 Å². The largest absolute Gasteiger partial charge is 0.396 e. The maximum absolute atomic E-state index is 13.8. The first-order chi connectivity index (χ1) is 10.5. The SMILES string of the molecule is CC(C)(C)P(c1cc(F)cc(F)c1N)c1cc(F)cc(F)c1N. The number of benzene rings is 2. The van der Waals surface area contributed by atoms with E-state index in [0.717, 1.165) is 12.1 Å². The van der Waals surface area contributed by atoms with Gasteiger partial charge in [-0.3, -0.25) is 0 Å². The zero-order chi connectivity index (χ0) is 17.5. The molecule has 7 heteroatoms. The Labute approximate surface area is 133 Å². The first-order valence-electron chi connectivity index (χ1n) is 6.81. The summed E-state index contributed by atoms with van der Waals surface area (Å²) in [6, 6.07) is 3.53. The third-order valence-corrected chi connectivity index (χ3v) is 6.34. The summed E-state index contributed by atoms with van der Waals surface area (Å²) in [5, 5.41) is -0.249. The van der Waals surface area contributed by atoms with Gasteiger partial charge in [-0.2, -0.15) is 0 Å². The van der Waals surface area contributed by atoms with Gasteiger partial charge in [0.25, 0.3) is 0 Å². The predicted octanol–water partition coefficient (Wildman–Crippen LogP) is 3.64. The standard InChI is InChI=1S/C16H17F4N2P/c1-16(2,3)23(12-6-8(17)4-10(19)14(12)21)13-7-9(18)5-11(20)15(13)22/h4-7H,21-22H2,1-3H3. The van der Waals surface area contributed by atoms with Crippen LogP contribution >= 0.6 is 7.92 Å². The van der Waals surface area contributed by atoms with Crippen molar-refractivity contribution in [2.45, 2.75) is 25.9 Å². The van der Waals surface area contributed by atoms with Crippen molar-refractivity contribution in [2.24, 2.45) is 0 Å². The highest BCUT2D eigenvalue weighted by Crippen LogP contribution is 2.50. The average molecular weight is 344 g/mol. The molecule has 0 spiro atoms. The van der Waals surface area contributed by atoms with Crippen LogP contribution < -0.4 is 22.1 Å². The minimum atomic E-state index is -1.61. The quantitative estimate of drug-likeness (QED) is 0.496. The number of nitrogen functional groups attached to an aromatic ring is 2. The molecule has 0 amide bonds. The van der Waals surface area contributed by atoms with Crippen molar-refractivity contribution in [1.29, 1.82) is 0 Å². The van der Waals surface area contributed by atoms with E-state index in [0.29, 0.717) is 12.1 Å². The van der Waals surface area contributed by atoms with Gasteiger partial charge in [-0.25, -0.2) is 17.6 Å². The molecule has 0 aliphatic rings. The summed E-state index contributed by atoms with van der Waals surface area (Å²) in [4.78, 5) is 0. The maximum Gasteiger partial charge on any atom is 0.149 e. The summed E-state index contributed by atoms with van der Waals surface area (Å²) in [5.41, 5.74) is 11.0. The van der Waals surface area contributed by atoms with E-state index in [9.17, 15) is 17.6 Å². The van der Waals surface area contributed by atoms with Gasteiger partial charge in [0, 0.05) is 22.7 Å². The van der Waals surface area contributed by atoms with Crippen molar-refractivity contribution in [3.8, 4) is 0 Å². The number of anilines is 2. The zero-order valence-electron chi connectivity index (χ0n) is 12.9. The van der Waals surface area contributed by atoms with E-state index in [-0.39, 0.29) is 22.0 Å². The minimum Gasteiger partial charge on any atom is -0.396 e. The van der Waals surface area contributed by atoms with E-state index in [1.807, 2.05) is 0 Å². The number of rotatable bonds is 2. The van der Waals surface area contributed by atoms with Crippen LogP contribution in [-0.4, -0.2) is 5.16 Å². The Bertz CT molecular complexity index is 699. The second kappa shape index (κ2) is 6.00. The molecule has 0 saturated carbocycles. The van der Waals surface area contributed by atoms with Crippen LogP contribution in [-0.2, 0) is 0 Å². The van der Waals surface area contributed by atoms with Crippen LogP contribution in [0.3, 0.4) is 0 Å². The van der Waals surface area contributed by atoms with Crippen LogP contribution in [0, 0.1) is 23.3 Å². The average Bonchev–Trinajstić information content (AvgIpc) is 2.39. The van der Waals surface area contributed by atoms with Crippen molar-refractivity contribution in [1.82, 2.24) is 0 Å². The molecule has 0 bridgehead atoms. The van der Waals surface area contributed by atoms with Gasteiger partial charge in [-0.05, 0) is 25.2 Å². The fourth-order valence-corrected chi connectivity index (χ4v) is 5.27. The molecule has 124 valence electrons. The molecule has 0 aromatic heterocycles. The van der Waals surface area contributed by atoms with Gasteiger partial charge < -0.3 is 11.5 Å². The van der Waals surface area contributed by atoms with Gasteiger partial charge in [0.1, 0.15) is 23.3 Å². The molecule has 2 aromatic carbocycles. The van der Waals surface area contributed by atoms with Gasteiger partial charge in [0.2, 0.25) is 0 Å². The second-order valence-corrected chi connectivity index (χ2v) is 9.12. The van der Waals surface area contributed by atoms with E-state index in [1.54, 1.807) is 20.8 Å². The number of hydrogen-bond acceptors (Lipinski definition) is 2. The summed E-state index contributed by atoms with van der Waals surface area (Å²) >= 11 is 0. The Hall–Kier alpha value is -1.81. The molecule has 0 aliphatic heterocycles. The number of hydrogen-bond donors (Lipinski definition) is 2. The van der Waals surface area contributed by atoms with Crippen molar-refractivity contribution < 1.29 is 17.6 Å². The molecule has 0 fully saturated rings. The number of nitrogens with two attached hydrogens (primary N) is 2. The van der Waals surface area contributed by atoms with E-state index in [4.69, 9.17) is 11.5 Å². The van der Waals surface area contributed by atoms with Gasteiger partial charge in [0.15, 0.2) is 0 Å². The lowest BCUT2D eigenvalue weighted by Gasteiger charge is -2.33. The Balaban J connectivity index is 2.80. The first-order valence-corrected chi connectivity index (χ1v) is 8.16. The lowest BCUT2D eigenvalue weighted by atomic mass is 10.2. The van der Waals surface area contributed by atoms with E-state index in [1.165, 1.54) is 0 Å². The van der Waals surface area contributed by atoms with Crippen LogP contribution in [0.4, 0.5) is 28.9 Å². The summed E-state index contributed by atoms with van der Waals surface area (Å²) in [5.74, 6) is -3.43. The molecule has 0 aliphatic carbocycles. The van der Waals surface area contributed by atoms with Gasteiger partial charge in [-0.15, -0.1) is 0 Å². The summed E-state index contributed by atoms with van der Waals surface area (Å²) < 4.78 is 55.0. The lowest BCUT2D eigenvalue weighted by molar-refractivity contribution is 0.588. The molecule has 0 atom stereocenters. The van der Waals surface area contributed by atoms with E-state index >= 15 is 0 Å². The minimum absolute atomic E-state index is 0.168. The highest BCUT2D eigenvalue weighted by atomic mass is 31.1. The monoisotopic (exact) mass is 344 g/mol. The molecule has 2 rings (SSSR count). The fourth-order valence-electron chi connectivity index (χ4n) is 2.36. The van der Waals surface area contributed by atoms with Crippen LogP contribution in [0.1, 0.15) is 20.8 Å². The molecule has 23 heavy (non-hydrogen) atoms. The van der Waals surface area contributed by atoms with Crippen LogP contribution in [0.5, 0.6) is 0 Å². The topological polar surface area (TPSA) is 52.0 Å². The Morgan fingerprint density at radius 2 is 1.09 bits per heavy atom. The van der Waals surface area contributed by atoms with E-state index < -0.39 is 36.3 Å². The molecule has 4 N–H and O–H groups in total. The molecule has 0 unspecified atom stereocenters. The summed E-state index contributed by atoms with van der Waals surface area (Å²) in [6.45, 7) is 5.38. The molecular weight excluding hydrogens is 327 g/mol. The molecule has 2 nitrogen and oxygen atoms in total. The maximum atomic E-state index is 13.8. The third kappa shape index (κ3) is 3.42. The zero-order valence-corrected chi connectivity index (χ0v) is 13.8. The second-order valence-electron chi connectivity index (χ2n) is 6.15. The van der Waals surface area contributed by atoms with Gasteiger partial charge in [-0.1, -0.05) is 20.8 Å². The van der Waals surface area contributed by atoms with Gasteiger partial charge in [0.05, 0.1) is 11.4 Å². The summed E-state index contributed by atoms with van der Waals surface area (Å²) in [7, 11) is -1.61. The lowest BCUT2D eigenvalue weighted by Crippen LogP contribution is -2.31. The third-order valence-electron chi connectivity index (χ3n) is 3.30. The van der Waals surface area contributed by atoms with Crippen LogP contribution in [0.15, 0.2) is 24.3 Å². The highest BCUT2D eigenvalue weighted by molar-refractivity contribution is 7.75. The van der Waals surface area contributed by atoms with Crippen molar-refractivity contribution in [3.63, 3.8) is 0 Å². The van der Waals surface area contributed by atoms with Crippen LogP contribution in [0.2, 0.25) is 0 Å². The molecule has 0 heterocycles. The smallest absolute Gasteiger partial charge is 0.149 e. The normalized spacial score (nSPS) is 12.0. The molecular formula is C16H17F4N2P. The number of halogens is 4. The van der Waals surface area contributed by atoms with E-state index in [2.05, 4.69) is 0 Å². The van der Waals surface area contributed by atoms with Crippen LogP contribution in [0.25, 0.3) is 0 Å². The molecule has 2 aromatic rings. The van der Waals surface area contributed by atoms with Crippen molar-refractivity contribution in [2.75, 3.05) is 11.5 Å². The Kier molecular flexibility index (Phi) is 4.58. The molecule has 0 saturated heterocycles. The summed E-state index contributed by atoms with van der Waals surface area (Å²) in [6.07, 6.45) is 0. The fraction of sp³-hybridized carbons (Fsp3) is 0.250. The molecule has 0 radical (unpaired) electrons. The predicted molar refractivity (Wildman–Crippen MR) is 87.5 cm³/mol. The van der Waals surface area contributed by atoms with Crippen molar-refractivity contribution in [3.05, 3.63) is 47.5 Å². The first kappa shape index (κ1) is 17.5.